The molecule has 0 saturated carbocycles. The molecule has 0 aromatic rings. The molecule has 0 aromatic carbocycles. The Labute approximate surface area is 133 Å². The zero-order chi connectivity index (χ0) is 16.0. The van der Waals surface area contributed by atoms with Crippen LogP contribution < -0.4 is 5.32 Å². The van der Waals surface area contributed by atoms with Crippen molar-refractivity contribution in [3.8, 4) is 0 Å². The van der Waals surface area contributed by atoms with E-state index >= 15 is 0 Å². The third kappa shape index (κ3) is 5.81. The highest BCUT2D eigenvalue weighted by atomic mass is 32.2. The first-order valence-electron chi connectivity index (χ1n) is 7.85. The van der Waals surface area contributed by atoms with Crippen molar-refractivity contribution >= 4 is 17.9 Å². The molecular formula is C16H30N2O2S. The van der Waals surface area contributed by atoms with Crippen molar-refractivity contribution in [3.05, 3.63) is 10.6 Å². The molecule has 0 atom stereocenters. The van der Waals surface area contributed by atoms with Gasteiger partial charge in [-0.1, -0.05) is 13.8 Å². The van der Waals surface area contributed by atoms with E-state index < -0.39 is 5.60 Å². The van der Waals surface area contributed by atoms with E-state index in [1.54, 1.807) is 0 Å². The first-order valence-corrected chi connectivity index (χ1v) is 8.73. The fourth-order valence-electron chi connectivity index (χ4n) is 2.25. The van der Waals surface area contributed by atoms with Crippen LogP contribution >= 0.6 is 11.8 Å². The molecule has 1 aliphatic rings. The predicted molar refractivity (Wildman–Crippen MR) is 90.5 cm³/mol. The molecule has 0 unspecified atom stereocenters. The van der Waals surface area contributed by atoms with Gasteiger partial charge < -0.3 is 15.0 Å². The van der Waals surface area contributed by atoms with E-state index in [0.29, 0.717) is 11.8 Å². The van der Waals surface area contributed by atoms with Crippen LogP contribution in [0.15, 0.2) is 10.6 Å². The highest BCUT2D eigenvalue weighted by Crippen LogP contribution is 2.32. The van der Waals surface area contributed by atoms with Gasteiger partial charge in [-0.15, -0.1) is 11.8 Å². The Kier molecular flexibility index (Phi) is 6.91. The van der Waals surface area contributed by atoms with Crippen molar-refractivity contribution in [3.63, 3.8) is 0 Å². The number of hydrogen-bond acceptors (Lipinski definition) is 4. The molecule has 0 aromatic heterocycles. The largest absolute Gasteiger partial charge is 0.444 e. The second-order valence-corrected chi connectivity index (χ2v) is 7.76. The van der Waals surface area contributed by atoms with Crippen LogP contribution in [0.4, 0.5) is 4.79 Å². The van der Waals surface area contributed by atoms with E-state index in [4.69, 9.17) is 4.74 Å². The monoisotopic (exact) mass is 314 g/mol. The van der Waals surface area contributed by atoms with Gasteiger partial charge in [0.2, 0.25) is 0 Å². The molecule has 1 amide bonds. The lowest BCUT2D eigenvalue weighted by atomic mass is 10.2. The van der Waals surface area contributed by atoms with Gasteiger partial charge >= 0.3 is 6.09 Å². The molecule has 1 heterocycles. The Hall–Kier alpha value is -0.840. The number of carbonyl (C=O) groups is 1. The molecular weight excluding hydrogens is 284 g/mol. The topological polar surface area (TPSA) is 41.6 Å². The van der Waals surface area contributed by atoms with Gasteiger partial charge in [0.1, 0.15) is 5.60 Å². The first-order chi connectivity index (χ1) is 9.80. The SMILES string of the molecule is CCC(CC)SC1=C(NC)CCN(C(=O)OC(C)(C)C)C1. The molecule has 0 aliphatic carbocycles. The number of thioether (sulfide) groups is 1. The minimum atomic E-state index is -0.438. The number of ether oxygens (including phenoxy) is 1. The van der Waals surface area contributed by atoms with Crippen LogP contribution in [-0.2, 0) is 4.74 Å². The maximum absolute atomic E-state index is 12.2. The van der Waals surface area contributed by atoms with Crippen molar-refractivity contribution in [2.24, 2.45) is 0 Å². The van der Waals surface area contributed by atoms with E-state index in [9.17, 15) is 4.79 Å². The molecule has 4 nitrogen and oxygen atoms in total. The Bertz CT molecular complexity index is 384. The third-order valence-electron chi connectivity index (χ3n) is 3.48. The fourth-order valence-corrected chi connectivity index (χ4v) is 3.56. The summed E-state index contributed by atoms with van der Waals surface area (Å²) in [5, 5.41) is 3.91. The van der Waals surface area contributed by atoms with Gasteiger partial charge in [-0.2, -0.15) is 0 Å². The second kappa shape index (κ2) is 7.97. The summed E-state index contributed by atoms with van der Waals surface area (Å²) in [7, 11) is 1.96. The highest BCUT2D eigenvalue weighted by Gasteiger charge is 2.27. The average molecular weight is 314 g/mol. The van der Waals surface area contributed by atoms with Gasteiger partial charge in [0, 0.05) is 35.9 Å². The Morgan fingerprint density at radius 1 is 1.38 bits per heavy atom. The Morgan fingerprint density at radius 3 is 2.48 bits per heavy atom. The number of hydrogen-bond donors (Lipinski definition) is 1. The smallest absolute Gasteiger partial charge is 0.410 e. The van der Waals surface area contributed by atoms with Crippen LogP contribution in [-0.4, -0.2) is 42.0 Å². The lowest BCUT2D eigenvalue weighted by Crippen LogP contribution is -2.41. The lowest BCUT2D eigenvalue weighted by molar-refractivity contribution is 0.0263. The van der Waals surface area contributed by atoms with Gasteiger partial charge in [-0.05, 0) is 33.6 Å². The molecule has 0 saturated heterocycles. The van der Waals surface area contributed by atoms with Crippen LogP contribution in [0.3, 0.4) is 0 Å². The van der Waals surface area contributed by atoms with Crippen molar-refractivity contribution in [1.82, 2.24) is 10.2 Å². The van der Waals surface area contributed by atoms with Crippen molar-refractivity contribution in [1.29, 1.82) is 0 Å². The summed E-state index contributed by atoms with van der Waals surface area (Å²) >= 11 is 1.91. The number of rotatable bonds is 5. The zero-order valence-corrected chi connectivity index (χ0v) is 15.1. The maximum Gasteiger partial charge on any atom is 0.410 e. The van der Waals surface area contributed by atoms with Crippen molar-refractivity contribution in [2.75, 3.05) is 20.1 Å². The summed E-state index contributed by atoms with van der Waals surface area (Å²) in [5.41, 5.74) is 0.832. The predicted octanol–water partition coefficient (Wildman–Crippen LogP) is 3.98. The Balaban J connectivity index is 2.76. The summed E-state index contributed by atoms with van der Waals surface area (Å²) in [6, 6.07) is 0. The van der Waals surface area contributed by atoms with Crippen molar-refractivity contribution in [2.45, 2.75) is 64.7 Å². The molecule has 1 aliphatic heterocycles. The minimum Gasteiger partial charge on any atom is -0.444 e. The maximum atomic E-state index is 12.2. The van der Waals surface area contributed by atoms with E-state index in [1.165, 1.54) is 10.6 Å². The summed E-state index contributed by atoms with van der Waals surface area (Å²) in [5.74, 6) is 0. The van der Waals surface area contributed by atoms with Crippen LogP contribution in [0, 0.1) is 0 Å². The normalized spacial score (nSPS) is 16.4. The summed E-state index contributed by atoms with van der Waals surface area (Å²) in [4.78, 5) is 15.3. The molecule has 1 rings (SSSR count). The molecule has 0 spiro atoms. The van der Waals surface area contributed by atoms with E-state index in [-0.39, 0.29) is 6.09 Å². The molecule has 0 fully saturated rings. The van der Waals surface area contributed by atoms with Gasteiger partial charge in [-0.25, -0.2) is 4.79 Å². The van der Waals surface area contributed by atoms with E-state index in [2.05, 4.69) is 19.2 Å². The molecule has 5 heteroatoms. The quantitative estimate of drug-likeness (QED) is 0.833. The van der Waals surface area contributed by atoms with E-state index in [0.717, 1.165) is 25.8 Å². The number of carbonyl (C=O) groups excluding carboxylic acids is 1. The van der Waals surface area contributed by atoms with Crippen LogP contribution in [0.1, 0.15) is 53.9 Å². The Morgan fingerprint density at radius 2 is 2.00 bits per heavy atom. The number of nitrogens with one attached hydrogen (secondary N) is 1. The van der Waals surface area contributed by atoms with E-state index in [1.807, 2.05) is 44.5 Å². The number of amides is 1. The van der Waals surface area contributed by atoms with Crippen LogP contribution in [0.25, 0.3) is 0 Å². The standard InChI is InChI=1S/C16H30N2O2S/c1-7-12(8-2)21-14-11-18(10-9-13(14)17-6)15(19)20-16(3,4)5/h12,17H,7-11H2,1-6H3. The molecule has 0 radical (unpaired) electrons. The molecule has 0 bridgehead atoms. The zero-order valence-electron chi connectivity index (χ0n) is 14.3. The van der Waals surface area contributed by atoms with Gasteiger partial charge in [-0.3, -0.25) is 0 Å². The highest BCUT2D eigenvalue weighted by molar-refractivity contribution is 8.03. The molecule has 21 heavy (non-hydrogen) atoms. The summed E-state index contributed by atoms with van der Waals surface area (Å²) < 4.78 is 5.49. The third-order valence-corrected chi connectivity index (χ3v) is 5.14. The van der Waals surface area contributed by atoms with Crippen LogP contribution in [0.5, 0.6) is 0 Å². The number of nitrogens with zero attached hydrogens (tertiary/aromatic N) is 1. The van der Waals surface area contributed by atoms with Gasteiger partial charge in [0.05, 0.1) is 6.54 Å². The molecule has 1 N–H and O–H groups in total. The van der Waals surface area contributed by atoms with Crippen LogP contribution in [0.2, 0.25) is 0 Å². The van der Waals surface area contributed by atoms with Gasteiger partial charge in [0.15, 0.2) is 0 Å². The van der Waals surface area contributed by atoms with Crippen molar-refractivity contribution < 1.29 is 9.53 Å². The minimum absolute atomic E-state index is 0.208. The van der Waals surface area contributed by atoms with Gasteiger partial charge in [0.25, 0.3) is 0 Å². The fraction of sp³-hybridized carbons (Fsp3) is 0.812. The average Bonchev–Trinajstić information content (AvgIpc) is 2.42. The summed E-state index contributed by atoms with van der Waals surface area (Å²) in [6.45, 7) is 11.5. The lowest BCUT2D eigenvalue weighted by Gasteiger charge is -2.33. The first kappa shape index (κ1) is 18.2. The second-order valence-electron chi connectivity index (χ2n) is 6.36. The molecule has 122 valence electrons. The summed E-state index contributed by atoms with van der Waals surface area (Å²) in [6.07, 6.45) is 2.96.